The van der Waals surface area contributed by atoms with Crippen molar-refractivity contribution in [2.75, 3.05) is 26.8 Å². The van der Waals surface area contributed by atoms with Gasteiger partial charge in [0, 0.05) is 36.9 Å². The highest BCUT2D eigenvalue weighted by molar-refractivity contribution is 5.84. The summed E-state index contributed by atoms with van der Waals surface area (Å²) in [4.78, 5) is 0. The molecule has 0 amide bonds. The van der Waals surface area contributed by atoms with Gasteiger partial charge in [0.05, 0.1) is 0 Å². The van der Waals surface area contributed by atoms with Crippen molar-refractivity contribution < 1.29 is 4.74 Å². The lowest BCUT2D eigenvalue weighted by atomic mass is 10.0. The Hall–Kier alpha value is -1.32. The van der Waals surface area contributed by atoms with Crippen molar-refractivity contribution in [3.63, 3.8) is 0 Å². The molecule has 1 aromatic carbocycles. The largest absolute Gasteiger partial charge is 0.381 e. The molecule has 0 atom stereocenters. The molecular formula is C18H26N2O. The van der Waals surface area contributed by atoms with Gasteiger partial charge < -0.3 is 14.6 Å². The van der Waals surface area contributed by atoms with Crippen LogP contribution in [0, 0.1) is 5.92 Å². The molecule has 0 bridgehead atoms. The predicted molar refractivity (Wildman–Crippen MR) is 87.7 cm³/mol. The van der Waals surface area contributed by atoms with Crippen LogP contribution in [0.4, 0.5) is 0 Å². The highest BCUT2D eigenvalue weighted by Gasteiger charge is 2.16. The van der Waals surface area contributed by atoms with Crippen LogP contribution in [-0.4, -0.2) is 31.4 Å². The number of hydrogen-bond donors (Lipinski definition) is 1. The van der Waals surface area contributed by atoms with Gasteiger partial charge in [-0.2, -0.15) is 0 Å². The molecule has 1 aliphatic rings. The molecule has 1 fully saturated rings. The van der Waals surface area contributed by atoms with Gasteiger partial charge in [-0.05, 0) is 56.8 Å². The molecule has 114 valence electrons. The number of nitrogens with zero attached hydrogens (tertiary/aromatic N) is 1. The lowest BCUT2D eigenvalue weighted by Gasteiger charge is -2.22. The maximum atomic E-state index is 5.48. The molecule has 3 nitrogen and oxygen atoms in total. The minimum absolute atomic E-state index is 0.764. The van der Waals surface area contributed by atoms with E-state index in [0.29, 0.717) is 0 Å². The SMILES string of the molecule is CNCCCc1cn(CC2CCOCC2)c2ccccc12. The lowest BCUT2D eigenvalue weighted by Crippen LogP contribution is -2.20. The van der Waals surface area contributed by atoms with Crippen molar-refractivity contribution in [2.45, 2.75) is 32.2 Å². The lowest BCUT2D eigenvalue weighted by molar-refractivity contribution is 0.0616. The molecule has 0 spiro atoms. The second-order valence-corrected chi connectivity index (χ2v) is 6.09. The Morgan fingerprint density at radius 1 is 1.24 bits per heavy atom. The van der Waals surface area contributed by atoms with Crippen molar-refractivity contribution in [3.8, 4) is 0 Å². The van der Waals surface area contributed by atoms with Gasteiger partial charge in [0.15, 0.2) is 0 Å². The molecular weight excluding hydrogens is 260 g/mol. The molecule has 0 unspecified atom stereocenters. The van der Waals surface area contributed by atoms with E-state index in [0.717, 1.165) is 38.6 Å². The van der Waals surface area contributed by atoms with Gasteiger partial charge in [0.1, 0.15) is 0 Å². The van der Waals surface area contributed by atoms with Crippen molar-refractivity contribution >= 4 is 10.9 Å². The zero-order chi connectivity index (χ0) is 14.5. The number of ether oxygens (including phenoxy) is 1. The second-order valence-electron chi connectivity index (χ2n) is 6.09. The standard InChI is InChI=1S/C18H26N2O/c1-19-10-4-5-16-14-20(13-15-8-11-21-12-9-15)18-7-3-2-6-17(16)18/h2-3,6-7,14-15,19H,4-5,8-13H2,1H3. The molecule has 0 saturated carbocycles. The van der Waals surface area contributed by atoms with E-state index in [1.165, 1.54) is 35.7 Å². The summed E-state index contributed by atoms with van der Waals surface area (Å²) < 4.78 is 7.95. The van der Waals surface area contributed by atoms with E-state index < -0.39 is 0 Å². The van der Waals surface area contributed by atoms with Gasteiger partial charge in [-0.1, -0.05) is 18.2 Å². The number of aryl methyl sites for hydroxylation is 1. The third-order valence-corrected chi connectivity index (χ3v) is 4.54. The van der Waals surface area contributed by atoms with E-state index in [1.54, 1.807) is 0 Å². The average molecular weight is 286 g/mol. The zero-order valence-electron chi connectivity index (χ0n) is 13.0. The molecule has 1 N–H and O–H groups in total. The first-order chi connectivity index (χ1) is 10.4. The number of nitrogens with one attached hydrogen (secondary N) is 1. The monoisotopic (exact) mass is 286 g/mol. The van der Waals surface area contributed by atoms with Crippen LogP contribution in [0.15, 0.2) is 30.5 Å². The summed E-state index contributed by atoms with van der Waals surface area (Å²) in [5.74, 6) is 0.764. The highest BCUT2D eigenvalue weighted by Crippen LogP contribution is 2.25. The first kappa shape index (κ1) is 14.6. The summed E-state index contributed by atoms with van der Waals surface area (Å²) in [6.45, 7) is 4.08. The number of fused-ring (bicyclic) bond motifs is 1. The van der Waals surface area contributed by atoms with Gasteiger partial charge in [0.2, 0.25) is 0 Å². The predicted octanol–water partition coefficient (Wildman–Crippen LogP) is 3.22. The van der Waals surface area contributed by atoms with Gasteiger partial charge in [-0.15, -0.1) is 0 Å². The summed E-state index contributed by atoms with van der Waals surface area (Å²) in [6, 6.07) is 8.84. The Balaban J connectivity index is 1.80. The fourth-order valence-corrected chi connectivity index (χ4v) is 3.34. The molecule has 1 aromatic heterocycles. The van der Waals surface area contributed by atoms with Crippen molar-refractivity contribution in [1.82, 2.24) is 9.88 Å². The maximum Gasteiger partial charge on any atom is 0.0483 e. The fraction of sp³-hybridized carbons (Fsp3) is 0.556. The summed E-state index contributed by atoms with van der Waals surface area (Å²) >= 11 is 0. The summed E-state index contributed by atoms with van der Waals surface area (Å²) in [5.41, 5.74) is 2.89. The van der Waals surface area contributed by atoms with E-state index in [4.69, 9.17) is 4.74 Å². The van der Waals surface area contributed by atoms with Crippen molar-refractivity contribution in [3.05, 3.63) is 36.0 Å². The Morgan fingerprint density at radius 3 is 2.86 bits per heavy atom. The molecule has 3 rings (SSSR count). The van der Waals surface area contributed by atoms with E-state index in [-0.39, 0.29) is 0 Å². The summed E-state index contributed by atoms with van der Waals surface area (Å²) in [6.07, 6.45) is 7.13. The van der Waals surface area contributed by atoms with E-state index in [1.807, 2.05) is 7.05 Å². The number of benzene rings is 1. The Bertz CT molecular complexity index is 570. The van der Waals surface area contributed by atoms with Crippen LogP contribution in [0.3, 0.4) is 0 Å². The molecule has 2 heterocycles. The molecule has 1 aliphatic heterocycles. The average Bonchev–Trinajstić information content (AvgIpc) is 2.87. The smallest absolute Gasteiger partial charge is 0.0483 e. The van der Waals surface area contributed by atoms with E-state index in [2.05, 4.69) is 40.3 Å². The van der Waals surface area contributed by atoms with Crippen LogP contribution in [0.2, 0.25) is 0 Å². The summed E-state index contributed by atoms with van der Waals surface area (Å²) in [7, 11) is 2.02. The minimum atomic E-state index is 0.764. The van der Waals surface area contributed by atoms with Crippen molar-refractivity contribution in [1.29, 1.82) is 0 Å². The first-order valence-electron chi connectivity index (χ1n) is 8.17. The third-order valence-electron chi connectivity index (χ3n) is 4.54. The number of rotatable bonds is 6. The normalized spacial score (nSPS) is 16.6. The maximum absolute atomic E-state index is 5.48. The number of hydrogen-bond acceptors (Lipinski definition) is 2. The second kappa shape index (κ2) is 7.10. The Morgan fingerprint density at radius 2 is 2.05 bits per heavy atom. The molecule has 0 aliphatic carbocycles. The van der Waals surface area contributed by atoms with Crippen LogP contribution >= 0.6 is 0 Å². The van der Waals surface area contributed by atoms with Crippen molar-refractivity contribution in [2.24, 2.45) is 5.92 Å². The van der Waals surface area contributed by atoms with Gasteiger partial charge >= 0.3 is 0 Å². The molecule has 1 saturated heterocycles. The highest BCUT2D eigenvalue weighted by atomic mass is 16.5. The molecule has 0 radical (unpaired) electrons. The third kappa shape index (κ3) is 3.47. The van der Waals surface area contributed by atoms with Crippen LogP contribution in [0.25, 0.3) is 10.9 Å². The topological polar surface area (TPSA) is 26.2 Å². The summed E-state index contributed by atoms with van der Waals surface area (Å²) in [5, 5.41) is 4.67. The molecule has 21 heavy (non-hydrogen) atoms. The van der Waals surface area contributed by atoms with Crippen LogP contribution < -0.4 is 5.32 Å². The quantitative estimate of drug-likeness (QED) is 0.825. The molecule has 3 heteroatoms. The number of para-hydroxylation sites is 1. The first-order valence-corrected chi connectivity index (χ1v) is 8.17. The van der Waals surface area contributed by atoms with Gasteiger partial charge in [0.25, 0.3) is 0 Å². The van der Waals surface area contributed by atoms with Crippen LogP contribution in [0.1, 0.15) is 24.8 Å². The molecule has 2 aromatic rings. The Labute approximate surface area is 127 Å². The zero-order valence-corrected chi connectivity index (χ0v) is 13.0. The van der Waals surface area contributed by atoms with E-state index in [9.17, 15) is 0 Å². The van der Waals surface area contributed by atoms with Gasteiger partial charge in [-0.3, -0.25) is 0 Å². The van der Waals surface area contributed by atoms with Crippen LogP contribution in [-0.2, 0) is 17.7 Å². The minimum Gasteiger partial charge on any atom is -0.381 e. The Kier molecular flexibility index (Phi) is 4.94. The number of aromatic nitrogens is 1. The van der Waals surface area contributed by atoms with E-state index >= 15 is 0 Å². The van der Waals surface area contributed by atoms with Gasteiger partial charge in [-0.25, -0.2) is 0 Å². The fourth-order valence-electron chi connectivity index (χ4n) is 3.34. The van der Waals surface area contributed by atoms with Crippen LogP contribution in [0.5, 0.6) is 0 Å².